The SMILES string of the molecule is C[C@@H](Nc1ccn2ncc(C3=NOC(C)(C)N3)c2n1)c1cc(F)cc2c1OCCS2. The second-order valence-corrected chi connectivity index (χ2v) is 8.83. The molecule has 8 nitrogen and oxygen atoms in total. The smallest absolute Gasteiger partial charge is 0.203 e. The molecule has 2 N–H and O–H groups in total. The average molecular weight is 428 g/mol. The predicted molar refractivity (Wildman–Crippen MR) is 112 cm³/mol. The van der Waals surface area contributed by atoms with E-state index in [2.05, 4.69) is 20.9 Å². The molecule has 4 heterocycles. The zero-order valence-corrected chi connectivity index (χ0v) is 17.6. The van der Waals surface area contributed by atoms with Crippen LogP contribution in [0.3, 0.4) is 0 Å². The highest BCUT2D eigenvalue weighted by Gasteiger charge is 2.30. The second-order valence-electron chi connectivity index (χ2n) is 7.69. The number of benzene rings is 1. The molecule has 0 fully saturated rings. The summed E-state index contributed by atoms with van der Waals surface area (Å²) in [4.78, 5) is 10.9. The topological polar surface area (TPSA) is 85.1 Å². The lowest BCUT2D eigenvalue weighted by Gasteiger charge is -2.24. The van der Waals surface area contributed by atoms with Crippen molar-refractivity contribution < 1.29 is 14.0 Å². The predicted octanol–water partition coefficient (Wildman–Crippen LogP) is 3.54. The van der Waals surface area contributed by atoms with E-state index in [0.717, 1.165) is 27.5 Å². The van der Waals surface area contributed by atoms with Crippen LogP contribution in [0.15, 0.2) is 40.6 Å². The zero-order valence-electron chi connectivity index (χ0n) is 16.8. The number of thioether (sulfide) groups is 1. The normalized spacial score (nSPS) is 18.1. The lowest BCUT2D eigenvalue weighted by Crippen LogP contribution is -2.38. The highest BCUT2D eigenvalue weighted by atomic mass is 32.2. The van der Waals surface area contributed by atoms with Crippen LogP contribution in [-0.2, 0) is 4.84 Å². The first kappa shape index (κ1) is 19.0. The lowest BCUT2D eigenvalue weighted by atomic mass is 10.1. The third kappa shape index (κ3) is 3.41. The van der Waals surface area contributed by atoms with Gasteiger partial charge in [0.05, 0.1) is 29.3 Å². The number of amidine groups is 1. The van der Waals surface area contributed by atoms with Gasteiger partial charge in [-0.25, -0.2) is 13.9 Å². The molecule has 2 aliphatic heterocycles. The molecule has 2 aromatic heterocycles. The molecule has 0 amide bonds. The van der Waals surface area contributed by atoms with Crippen LogP contribution in [0.5, 0.6) is 5.75 Å². The largest absolute Gasteiger partial charge is 0.491 e. The van der Waals surface area contributed by atoms with E-state index in [1.165, 1.54) is 12.1 Å². The number of aromatic nitrogens is 3. The van der Waals surface area contributed by atoms with Crippen LogP contribution in [0, 0.1) is 5.82 Å². The summed E-state index contributed by atoms with van der Waals surface area (Å²) in [6.45, 7) is 6.34. The van der Waals surface area contributed by atoms with Crippen LogP contribution in [0.4, 0.5) is 10.2 Å². The van der Waals surface area contributed by atoms with E-state index in [1.807, 2.05) is 33.0 Å². The van der Waals surface area contributed by atoms with Gasteiger partial charge in [0, 0.05) is 17.5 Å². The van der Waals surface area contributed by atoms with Crippen molar-refractivity contribution in [2.75, 3.05) is 17.7 Å². The zero-order chi connectivity index (χ0) is 20.9. The van der Waals surface area contributed by atoms with Gasteiger partial charge in [-0.1, -0.05) is 5.16 Å². The number of hydrogen-bond donors (Lipinski definition) is 2. The van der Waals surface area contributed by atoms with Crippen LogP contribution in [0.2, 0.25) is 0 Å². The van der Waals surface area contributed by atoms with E-state index >= 15 is 0 Å². The van der Waals surface area contributed by atoms with E-state index in [-0.39, 0.29) is 11.9 Å². The second kappa shape index (κ2) is 7.05. The molecule has 2 aliphatic rings. The third-order valence-corrected chi connectivity index (χ3v) is 5.86. The van der Waals surface area contributed by atoms with Crippen molar-refractivity contribution in [3.8, 4) is 5.75 Å². The first-order valence-corrected chi connectivity index (χ1v) is 10.6. The fourth-order valence-corrected chi connectivity index (χ4v) is 4.38. The minimum Gasteiger partial charge on any atom is -0.491 e. The first-order valence-electron chi connectivity index (χ1n) is 9.64. The summed E-state index contributed by atoms with van der Waals surface area (Å²) in [7, 11) is 0. The summed E-state index contributed by atoms with van der Waals surface area (Å²) >= 11 is 1.61. The lowest BCUT2D eigenvalue weighted by molar-refractivity contribution is -0.00234. The van der Waals surface area contributed by atoms with Gasteiger partial charge < -0.3 is 20.2 Å². The molecular formula is C20H21FN6O2S. The Labute approximate surface area is 176 Å². The first-order chi connectivity index (χ1) is 14.4. The van der Waals surface area contributed by atoms with E-state index in [4.69, 9.17) is 14.6 Å². The molecule has 30 heavy (non-hydrogen) atoms. The number of ether oxygens (including phenoxy) is 1. The third-order valence-electron chi connectivity index (χ3n) is 4.88. The van der Waals surface area contributed by atoms with Gasteiger partial charge in [-0.3, -0.25) is 0 Å². The summed E-state index contributed by atoms with van der Waals surface area (Å²) in [5, 5.41) is 15.0. The van der Waals surface area contributed by atoms with Crippen molar-refractivity contribution in [1.82, 2.24) is 19.9 Å². The van der Waals surface area contributed by atoms with Gasteiger partial charge in [0.2, 0.25) is 5.72 Å². The molecular weight excluding hydrogens is 407 g/mol. The minimum absolute atomic E-state index is 0.210. The van der Waals surface area contributed by atoms with E-state index in [1.54, 1.807) is 22.5 Å². The van der Waals surface area contributed by atoms with Crippen molar-refractivity contribution >= 4 is 29.1 Å². The fourth-order valence-electron chi connectivity index (χ4n) is 3.49. The van der Waals surface area contributed by atoms with Gasteiger partial charge in [0.1, 0.15) is 17.4 Å². The molecule has 3 aromatic rings. The van der Waals surface area contributed by atoms with Gasteiger partial charge in [-0.05, 0) is 39.0 Å². The van der Waals surface area contributed by atoms with E-state index in [9.17, 15) is 4.39 Å². The van der Waals surface area contributed by atoms with Gasteiger partial charge in [0.15, 0.2) is 11.5 Å². The maximum absolute atomic E-state index is 14.2. The monoisotopic (exact) mass is 428 g/mol. The summed E-state index contributed by atoms with van der Waals surface area (Å²) in [6, 6.07) is 4.66. The van der Waals surface area contributed by atoms with Crippen molar-refractivity contribution in [1.29, 1.82) is 0 Å². The summed E-state index contributed by atoms with van der Waals surface area (Å²) in [5.41, 5.74) is 1.56. The van der Waals surface area contributed by atoms with Crippen LogP contribution >= 0.6 is 11.8 Å². The van der Waals surface area contributed by atoms with E-state index in [0.29, 0.717) is 23.9 Å². The number of halogens is 1. The Morgan fingerprint density at radius 2 is 2.23 bits per heavy atom. The summed E-state index contributed by atoms with van der Waals surface area (Å²) in [5.74, 6) is 2.50. The standard InChI is InChI=1S/C20H21FN6O2S/c1-11(13-8-12(21)9-15-17(13)28-6-7-30-15)23-16-4-5-27-19(24-16)14(10-22-27)18-25-20(2,3)29-26-18/h4-5,8-11H,6-7H2,1-3H3,(H,23,24)(H,25,26)/t11-/m1/s1. The fraction of sp³-hybridized carbons (Fsp3) is 0.350. The molecule has 0 unspecified atom stereocenters. The molecule has 0 bridgehead atoms. The Balaban J connectivity index is 1.45. The molecule has 1 aromatic carbocycles. The molecule has 5 rings (SSSR count). The molecule has 0 saturated heterocycles. The maximum atomic E-state index is 14.2. The molecule has 0 saturated carbocycles. The van der Waals surface area contributed by atoms with Crippen molar-refractivity contribution in [3.05, 3.63) is 47.5 Å². The highest BCUT2D eigenvalue weighted by molar-refractivity contribution is 7.99. The number of rotatable bonds is 4. The van der Waals surface area contributed by atoms with Gasteiger partial charge in [0.25, 0.3) is 0 Å². The number of nitrogens with one attached hydrogen (secondary N) is 2. The molecule has 0 radical (unpaired) electrons. The molecule has 1 atom stereocenters. The van der Waals surface area contributed by atoms with Crippen molar-refractivity contribution in [2.45, 2.75) is 37.4 Å². The maximum Gasteiger partial charge on any atom is 0.203 e. The number of hydrogen-bond acceptors (Lipinski definition) is 8. The van der Waals surface area contributed by atoms with Crippen molar-refractivity contribution in [2.24, 2.45) is 5.16 Å². The van der Waals surface area contributed by atoms with Gasteiger partial charge >= 0.3 is 0 Å². The Kier molecular flexibility index (Phi) is 4.46. The van der Waals surface area contributed by atoms with Crippen LogP contribution < -0.4 is 15.4 Å². The van der Waals surface area contributed by atoms with Crippen molar-refractivity contribution in [3.63, 3.8) is 0 Å². The summed E-state index contributed by atoms with van der Waals surface area (Å²) in [6.07, 6.45) is 3.51. The Morgan fingerprint density at radius 3 is 3.03 bits per heavy atom. The van der Waals surface area contributed by atoms with E-state index < -0.39 is 5.72 Å². The average Bonchev–Trinajstić information content (AvgIpc) is 3.29. The number of oxime groups is 1. The molecule has 0 spiro atoms. The van der Waals surface area contributed by atoms with Crippen LogP contribution in [-0.4, -0.2) is 38.5 Å². The number of fused-ring (bicyclic) bond motifs is 2. The number of anilines is 1. The van der Waals surface area contributed by atoms with Crippen LogP contribution in [0.1, 0.15) is 37.9 Å². The Morgan fingerprint density at radius 1 is 1.37 bits per heavy atom. The van der Waals surface area contributed by atoms with Gasteiger partial charge in [-0.2, -0.15) is 5.10 Å². The quantitative estimate of drug-likeness (QED) is 0.657. The molecule has 0 aliphatic carbocycles. The molecule has 10 heteroatoms. The Bertz CT molecular complexity index is 1160. The summed E-state index contributed by atoms with van der Waals surface area (Å²) < 4.78 is 21.7. The molecule has 156 valence electrons. The van der Waals surface area contributed by atoms with Crippen LogP contribution in [0.25, 0.3) is 5.65 Å². The minimum atomic E-state index is -0.581. The number of nitrogens with zero attached hydrogens (tertiary/aromatic N) is 4. The Hall–Kier alpha value is -3.01. The highest BCUT2D eigenvalue weighted by Crippen LogP contribution is 2.40. The van der Waals surface area contributed by atoms with Gasteiger partial charge in [-0.15, -0.1) is 11.8 Å².